The fourth-order valence-corrected chi connectivity index (χ4v) is 2.92. The summed E-state index contributed by atoms with van der Waals surface area (Å²) in [6.07, 6.45) is 0.774. The van der Waals surface area contributed by atoms with Crippen LogP contribution >= 0.6 is 15.9 Å². The normalized spacial score (nSPS) is 10.6. The Bertz CT molecular complexity index is 831. The summed E-state index contributed by atoms with van der Waals surface area (Å²) in [4.78, 5) is 24.0. The number of amides is 1. The third-order valence-electron chi connectivity index (χ3n) is 4.11. The molecule has 2 rings (SSSR count). The van der Waals surface area contributed by atoms with Gasteiger partial charge in [-0.25, -0.2) is 4.79 Å². The lowest BCUT2D eigenvalue weighted by Gasteiger charge is -2.16. The van der Waals surface area contributed by atoms with Gasteiger partial charge in [-0.3, -0.25) is 4.79 Å². The van der Waals surface area contributed by atoms with E-state index in [2.05, 4.69) is 35.1 Å². The molecule has 6 heteroatoms. The molecule has 0 fully saturated rings. The van der Waals surface area contributed by atoms with Crippen LogP contribution in [-0.4, -0.2) is 25.1 Å². The van der Waals surface area contributed by atoms with Crippen LogP contribution in [0.1, 0.15) is 54.6 Å². The van der Waals surface area contributed by atoms with Gasteiger partial charge >= 0.3 is 5.97 Å². The molecule has 5 nitrogen and oxygen atoms in total. The monoisotopic (exact) mass is 447 g/mol. The summed E-state index contributed by atoms with van der Waals surface area (Å²) in [5.74, 6) is 0.348. The number of benzene rings is 2. The van der Waals surface area contributed by atoms with Crippen LogP contribution in [0, 0.1) is 6.92 Å². The van der Waals surface area contributed by atoms with Crippen molar-refractivity contribution in [3.05, 3.63) is 57.6 Å². The molecule has 0 spiro atoms. The maximum absolute atomic E-state index is 12.2. The number of anilines is 1. The van der Waals surface area contributed by atoms with E-state index in [1.165, 1.54) is 0 Å². The Morgan fingerprint density at radius 2 is 1.82 bits per heavy atom. The molecular weight excluding hydrogens is 422 g/mol. The van der Waals surface area contributed by atoms with Gasteiger partial charge in [0.25, 0.3) is 5.91 Å². The molecule has 28 heavy (non-hydrogen) atoms. The van der Waals surface area contributed by atoms with Crippen molar-refractivity contribution in [2.24, 2.45) is 0 Å². The number of nitrogens with one attached hydrogen (secondary N) is 1. The number of rotatable bonds is 8. The molecule has 0 heterocycles. The standard InChI is InChI=1S/C22H26BrNO4/c1-5-10-27-22(26)16-6-8-17(9-7-16)24-21(25)13-28-20-11-15(4)19(23)12-18(20)14(2)3/h6-9,11-12,14H,5,10,13H2,1-4H3,(H,24,25). The van der Waals surface area contributed by atoms with Gasteiger partial charge in [-0.2, -0.15) is 0 Å². The number of ether oxygens (including phenoxy) is 2. The third kappa shape index (κ3) is 6.09. The predicted molar refractivity (Wildman–Crippen MR) is 114 cm³/mol. The largest absolute Gasteiger partial charge is 0.483 e. The molecule has 0 atom stereocenters. The number of halogens is 1. The van der Waals surface area contributed by atoms with Crippen molar-refractivity contribution in [2.45, 2.75) is 40.0 Å². The van der Waals surface area contributed by atoms with Crippen LogP contribution in [0.2, 0.25) is 0 Å². The first kappa shape index (κ1) is 22.0. The minimum Gasteiger partial charge on any atom is -0.483 e. The van der Waals surface area contributed by atoms with Gasteiger partial charge in [0.1, 0.15) is 5.75 Å². The summed E-state index contributed by atoms with van der Waals surface area (Å²) in [5, 5.41) is 2.77. The van der Waals surface area contributed by atoms with Crippen molar-refractivity contribution in [3.8, 4) is 5.75 Å². The van der Waals surface area contributed by atoms with Crippen LogP contribution in [0.25, 0.3) is 0 Å². The third-order valence-corrected chi connectivity index (χ3v) is 4.97. The molecule has 2 aromatic rings. The van der Waals surface area contributed by atoms with Crippen LogP contribution in [0.15, 0.2) is 40.9 Å². The first-order valence-corrected chi connectivity index (χ1v) is 10.1. The first-order valence-electron chi connectivity index (χ1n) is 9.31. The average molecular weight is 448 g/mol. The number of hydrogen-bond acceptors (Lipinski definition) is 4. The van der Waals surface area contributed by atoms with E-state index in [1.54, 1.807) is 24.3 Å². The van der Waals surface area contributed by atoms with Crippen LogP contribution in [0.4, 0.5) is 5.69 Å². The molecule has 0 radical (unpaired) electrons. The van der Waals surface area contributed by atoms with Crippen molar-refractivity contribution in [1.82, 2.24) is 0 Å². The fraction of sp³-hybridized carbons (Fsp3) is 0.364. The Balaban J connectivity index is 1.96. The second kappa shape index (κ2) is 10.3. The Morgan fingerprint density at radius 3 is 2.43 bits per heavy atom. The highest BCUT2D eigenvalue weighted by atomic mass is 79.9. The molecule has 0 aromatic heterocycles. The van der Waals surface area contributed by atoms with E-state index >= 15 is 0 Å². The van der Waals surface area contributed by atoms with Gasteiger partial charge in [-0.1, -0.05) is 36.7 Å². The maximum atomic E-state index is 12.2. The summed E-state index contributed by atoms with van der Waals surface area (Å²) < 4.78 is 11.9. The van der Waals surface area contributed by atoms with Gasteiger partial charge in [0.05, 0.1) is 12.2 Å². The quantitative estimate of drug-likeness (QED) is 0.545. The van der Waals surface area contributed by atoms with E-state index in [9.17, 15) is 9.59 Å². The van der Waals surface area contributed by atoms with Crippen LogP contribution in [0.5, 0.6) is 5.75 Å². The molecular formula is C22H26BrNO4. The first-order chi connectivity index (χ1) is 13.3. The second-order valence-electron chi connectivity index (χ2n) is 6.84. The molecule has 0 bridgehead atoms. The summed E-state index contributed by atoms with van der Waals surface area (Å²) in [6, 6.07) is 10.6. The molecule has 0 aliphatic rings. The Hall–Kier alpha value is -2.34. The zero-order valence-corrected chi connectivity index (χ0v) is 18.3. The van der Waals surface area contributed by atoms with Crippen LogP contribution in [-0.2, 0) is 9.53 Å². The molecule has 0 aliphatic carbocycles. The van der Waals surface area contributed by atoms with E-state index in [4.69, 9.17) is 9.47 Å². The van der Waals surface area contributed by atoms with E-state index in [0.29, 0.717) is 23.6 Å². The van der Waals surface area contributed by atoms with Crippen molar-refractivity contribution < 1.29 is 19.1 Å². The highest BCUT2D eigenvalue weighted by Gasteiger charge is 2.13. The summed E-state index contributed by atoms with van der Waals surface area (Å²) in [7, 11) is 0. The average Bonchev–Trinajstić information content (AvgIpc) is 2.67. The van der Waals surface area contributed by atoms with Gasteiger partial charge in [-0.05, 0) is 66.8 Å². The van der Waals surface area contributed by atoms with Crippen LogP contribution in [0.3, 0.4) is 0 Å². The number of carbonyl (C=O) groups excluding carboxylic acids is 2. The van der Waals surface area contributed by atoms with E-state index in [1.807, 2.05) is 26.0 Å². The van der Waals surface area contributed by atoms with Gasteiger partial charge in [0.15, 0.2) is 6.61 Å². The summed E-state index contributed by atoms with van der Waals surface area (Å²) >= 11 is 3.53. The zero-order valence-electron chi connectivity index (χ0n) is 16.7. The molecule has 0 saturated heterocycles. The Kier molecular flexibility index (Phi) is 8.05. The van der Waals surface area contributed by atoms with E-state index in [-0.39, 0.29) is 24.4 Å². The van der Waals surface area contributed by atoms with E-state index in [0.717, 1.165) is 22.0 Å². The summed E-state index contributed by atoms with van der Waals surface area (Å²) in [6.45, 7) is 8.37. The van der Waals surface area contributed by atoms with E-state index < -0.39 is 0 Å². The molecule has 2 aromatic carbocycles. The van der Waals surface area contributed by atoms with Crippen molar-refractivity contribution in [2.75, 3.05) is 18.5 Å². The van der Waals surface area contributed by atoms with Crippen molar-refractivity contribution in [1.29, 1.82) is 0 Å². The number of aryl methyl sites for hydroxylation is 1. The lowest BCUT2D eigenvalue weighted by molar-refractivity contribution is -0.118. The molecule has 0 unspecified atom stereocenters. The maximum Gasteiger partial charge on any atom is 0.338 e. The van der Waals surface area contributed by atoms with Gasteiger partial charge < -0.3 is 14.8 Å². The highest BCUT2D eigenvalue weighted by Crippen LogP contribution is 2.32. The SMILES string of the molecule is CCCOC(=O)c1ccc(NC(=O)COc2cc(C)c(Br)cc2C(C)C)cc1. The molecule has 1 N–H and O–H groups in total. The van der Waals surface area contributed by atoms with Gasteiger partial charge in [-0.15, -0.1) is 0 Å². The molecule has 0 aliphatic heterocycles. The smallest absolute Gasteiger partial charge is 0.338 e. The predicted octanol–water partition coefficient (Wildman–Crippen LogP) is 5.47. The molecule has 150 valence electrons. The van der Waals surface area contributed by atoms with Crippen molar-refractivity contribution in [3.63, 3.8) is 0 Å². The number of carbonyl (C=O) groups is 2. The minimum atomic E-state index is -0.366. The lowest BCUT2D eigenvalue weighted by atomic mass is 10.0. The highest BCUT2D eigenvalue weighted by molar-refractivity contribution is 9.10. The van der Waals surface area contributed by atoms with Crippen molar-refractivity contribution >= 4 is 33.5 Å². The topological polar surface area (TPSA) is 64.6 Å². The van der Waals surface area contributed by atoms with Gasteiger partial charge in [0.2, 0.25) is 0 Å². The minimum absolute atomic E-state index is 0.0961. The number of hydrogen-bond donors (Lipinski definition) is 1. The Labute approximate surface area is 174 Å². The molecule has 0 saturated carbocycles. The van der Waals surface area contributed by atoms with Gasteiger partial charge in [0, 0.05) is 10.2 Å². The summed E-state index contributed by atoms with van der Waals surface area (Å²) in [5.41, 5.74) is 3.14. The fourth-order valence-electron chi connectivity index (χ4n) is 2.55. The molecule has 1 amide bonds. The zero-order chi connectivity index (χ0) is 20.7. The lowest BCUT2D eigenvalue weighted by Crippen LogP contribution is -2.20. The Morgan fingerprint density at radius 1 is 1.14 bits per heavy atom. The van der Waals surface area contributed by atoms with Crippen LogP contribution < -0.4 is 10.1 Å². The second-order valence-corrected chi connectivity index (χ2v) is 7.70. The number of esters is 1.